The third kappa shape index (κ3) is 6.78. The SMILES string of the molecule is C=C[CH]N([Si](C)(C)C)[Si](C)(C)C.[K+]. The van der Waals surface area contributed by atoms with Crippen molar-refractivity contribution in [1.82, 2.24) is 4.23 Å². The van der Waals surface area contributed by atoms with Crippen LogP contribution in [0.5, 0.6) is 0 Å². The maximum Gasteiger partial charge on any atom is 1.00 e. The van der Waals surface area contributed by atoms with E-state index in [9.17, 15) is 0 Å². The van der Waals surface area contributed by atoms with Crippen molar-refractivity contribution in [3.63, 3.8) is 0 Å². The number of rotatable bonds is 4. The summed E-state index contributed by atoms with van der Waals surface area (Å²) >= 11 is 0. The van der Waals surface area contributed by atoms with E-state index in [4.69, 9.17) is 0 Å². The molecular formula is C9H22KNSi2+. The van der Waals surface area contributed by atoms with Crippen LogP contribution in [-0.4, -0.2) is 20.7 Å². The molecule has 71 valence electrons. The molecule has 0 aliphatic heterocycles. The van der Waals surface area contributed by atoms with Gasteiger partial charge in [-0.15, -0.1) is 6.58 Å². The Hall–Kier alpha value is 1.77. The molecule has 0 heterocycles. The van der Waals surface area contributed by atoms with Gasteiger partial charge in [-0.3, -0.25) is 0 Å². The smallest absolute Gasteiger partial charge is 0.338 e. The summed E-state index contributed by atoms with van der Waals surface area (Å²) in [5.74, 6) is 0. The van der Waals surface area contributed by atoms with Crippen LogP contribution in [0.1, 0.15) is 0 Å². The van der Waals surface area contributed by atoms with Gasteiger partial charge in [0, 0.05) is 6.54 Å². The second kappa shape index (κ2) is 6.37. The Morgan fingerprint density at radius 3 is 1.31 bits per heavy atom. The van der Waals surface area contributed by atoms with E-state index in [1.807, 2.05) is 6.08 Å². The molecule has 1 radical (unpaired) electrons. The molecule has 4 heteroatoms. The Kier molecular flexibility index (Phi) is 8.42. The van der Waals surface area contributed by atoms with Gasteiger partial charge < -0.3 is 4.23 Å². The molecule has 0 unspecified atom stereocenters. The summed E-state index contributed by atoms with van der Waals surface area (Å²) in [4.78, 5) is 0. The van der Waals surface area contributed by atoms with Crippen molar-refractivity contribution >= 4 is 16.5 Å². The summed E-state index contributed by atoms with van der Waals surface area (Å²) in [5.41, 5.74) is 0. The maximum absolute atomic E-state index is 3.77. The van der Waals surface area contributed by atoms with Crippen LogP contribution in [0.15, 0.2) is 12.7 Å². The van der Waals surface area contributed by atoms with Gasteiger partial charge >= 0.3 is 51.4 Å². The quantitative estimate of drug-likeness (QED) is 0.639. The molecule has 0 spiro atoms. The molecular weight excluding hydrogens is 217 g/mol. The Morgan fingerprint density at radius 1 is 0.923 bits per heavy atom. The first-order valence-corrected chi connectivity index (χ1v) is 11.3. The van der Waals surface area contributed by atoms with Crippen molar-refractivity contribution in [3.8, 4) is 0 Å². The van der Waals surface area contributed by atoms with Crippen molar-refractivity contribution < 1.29 is 51.4 Å². The molecule has 0 bridgehead atoms. The summed E-state index contributed by atoms with van der Waals surface area (Å²) in [7, 11) is -2.35. The van der Waals surface area contributed by atoms with E-state index in [0.29, 0.717) is 0 Å². The van der Waals surface area contributed by atoms with Gasteiger partial charge in [-0.25, -0.2) is 0 Å². The fraction of sp³-hybridized carbons (Fsp3) is 0.667. The van der Waals surface area contributed by atoms with Gasteiger partial charge in [0.05, 0.1) is 0 Å². The van der Waals surface area contributed by atoms with Crippen LogP contribution in [-0.2, 0) is 0 Å². The molecule has 0 fully saturated rings. The second-order valence-electron chi connectivity index (χ2n) is 5.10. The van der Waals surface area contributed by atoms with Crippen molar-refractivity contribution in [2.75, 3.05) is 0 Å². The standard InChI is InChI=1S/C9H22NSi2.K/c1-8-9-10(11(2,3)4)12(5,6)7;/h8-9H,1H2,2-7H3;/q;+1. The van der Waals surface area contributed by atoms with E-state index in [0.717, 1.165) is 0 Å². The number of nitrogens with zero attached hydrogens (tertiary/aromatic N) is 1. The second-order valence-corrected chi connectivity index (χ2v) is 15.2. The van der Waals surface area contributed by atoms with Crippen molar-refractivity contribution in [1.29, 1.82) is 0 Å². The summed E-state index contributed by atoms with van der Waals surface area (Å²) in [6.07, 6.45) is 1.91. The monoisotopic (exact) mass is 239 g/mol. The summed E-state index contributed by atoms with van der Waals surface area (Å²) in [6.45, 7) is 20.2. The molecule has 1 nitrogen and oxygen atoms in total. The predicted molar refractivity (Wildman–Crippen MR) is 63.0 cm³/mol. The normalized spacial score (nSPS) is 12.5. The van der Waals surface area contributed by atoms with Gasteiger partial charge in [0.1, 0.15) is 16.5 Å². The Morgan fingerprint density at radius 2 is 1.23 bits per heavy atom. The average Bonchev–Trinajstić information content (AvgIpc) is 1.77. The van der Waals surface area contributed by atoms with E-state index in [1.165, 1.54) is 0 Å². The topological polar surface area (TPSA) is 3.24 Å². The Balaban J connectivity index is 0. The molecule has 0 aliphatic carbocycles. The summed E-state index contributed by atoms with van der Waals surface area (Å²) in [6, 6.07) is 0. The van der Waals surface area contributed by atoms with Crippen molar-refractivity contribution in [3.05, 3.63) is 19.2 Å². The van der Waals surface area contributed by atoms with E-state index in [2.05, 4.69) is 56.6 Å². The van der Waals surface area contributed by atoms with Crippen LogP contribution in [0.3, 0.4) is 0 Å². The minimum atomic E-state index is -1.17. The zero-order valence-corrected chi connectivity index (χ0v) is 15.4. The third-order valence-corrected chi connectivity index (χ3v) is 8.91. The van der Waals surface area contributed by atoms with Gasteiger partial charge in [0.2, 0.25) is 0 Å². The summed E-state index contributed by atoms with van der Waals surface area (Å²) < 4.78 is 2.59. The molecule has 0 atom stereocenters. The molecule has 0 saturated carbocycles. The molecule has 13 heavy (non-hydrogen) atoms. The molecule has 0 rings (SSSR count). The summed E-state index contributed by atoms with van der Waals surface area (Å²) in [5, 5.41) is 0. The molecule has 0 aromatic heterocycles. The van der Waals surface area contributed by atoms with E-state index >= 15 is 0 Å². The van der Waals surface area contributed by atoms with Crippen LogP contribution in [0.4, 0.5) is 0 Å². The fourth-order valence-electron chi connectivity index (χ4n) is 1.56. The number of hydrogen-bond acceptors (Lipinski definition) is 1. The van der Waals surface area contributed by atoms with Gasteiger partial charge in [-0.1, -0.05) is 45.4 Å². The molecule has 0 saturated heterocycles. The maximum atomic E-state index is 3.77. The molecule has 0 amide bonds. The molecule has 0 aliphatic rings. The van der Waals surface area contributed by atoms with Crippen LogP contribution in [0.25, 0.3) is 0 Å². The van der Waals surface area contributed by atoms with E-state index in [-0.39, 0.29) is 51.4 Å². The molecule has 0 aromatic carbocycles. The largest absolute Gasteiger partial charge is 1.00 e. The van der Waals surface area contributed by atoms with Gasteiger partial charge in [-0.2, -0.15) is 0 Å². The first-order chi connectivity index (χ1) is 5.19. The minimum absolute atomic E-state index is 0. The van der Waals surface area contributed by atoms with E-state index < -0.39 is 16.5 Å². The third-order valence-electron chi connectivity index (χ3n) is 1.70. The van der Waals surface area contributed by atoms with Gasteiger partial charge in [-0.05, 0) is 0 Å². The first-order valence-electron chi connectivity index (χ1n) is 4.45. The number of hydrogen-bond donors (Lipinski definition) is 0. The van der Waals surface area contributed by atoms with Crippen molar-refractivity contribution in [2.24, 2.45) is 0 Å². The van der Waals surface area contributed by atoms with E-state index in [1.54, 1.807) is 0 Å². The fourth-order valence-corrected chi connectivity index (χ4v) is 10.7. The molecule has 0 N–H and O–H groups in total. The van der Waals surface area contributed by atoms with Crippen molar-refractivity contribution in [2.45, 2.75) is 39.3 Å². The predicted octanol–water partition coefficient (Wildman–Crippen LogP) is 0.310. The average molecular weight is 240 g/mol. The van der Waals surface area contributed by atoms with Crippen LogP contribution in [0, 0.1) is 6.54 Å². The van der Waals surface area contributed by atoms with Crippen LogP contribution in [0.2, 0.25) is 39.3 Å². The first kappa shape index (κ1) is 17.2. The van der Waals surface area contributed by atoms with Gasteiger partial charge in [0.25, 0.3) is 0 Å². The van der Waals surface area contributed by atoms with Gasteiger partial charge in [0.15, 0.2) is 0 Å². The van der Waals surface area contributed by atoms with Crippen LogP contribution < -0.4 is 51.4 Å². The zero-order valence-electron chi connectivity index (χ0n) is 10.3. The van der Waals surface area contributed by atoms with Crippen LogP contribution >= 0.6 is 0 Å². The molecule has 0 aromatic rings. The Labute approximate surface area is 129 Å². The Bertz CT molecular complexity index is 144. The zero-order chi connectivity index (χ0) is 9.99. The minimum Gasteiger partial charge on any atom is -0.338 e.